The smallest absolute Gasteiger partial charge is 0.384 e. The highest BCUT2D eigenvalue weighted by atomic mass is 35.5. The summed E-state index contributed by atoms with van der Waals surface area (Å²) in [5.74, 6) is -1.25. The standard InChI is InChI=1S/C10H10F3N.ClH/c11-10(12,13)8-5-7-3-1-2-4-9(7)14-6-8;/h1-4,8,14H,5-6H2;1H. The van der Waals surface area contributed by atoms with Crippen LogP contribution in [-0.2, 0) is 6.42 Å². The first-order valence-electron chi connectivity index (χ1n) is 4.46. The number of para-hydroxylation sites is 1. The van der Waals surface area contributed by atoms with Crippen LogP contribution in [0.15, 0.2) is 24.3 Å². The molecule has 0 amide bonds. The summed E-state index contributed by atoms with van der Waals surface area (Å²) < 4.78 is 37.2. The van der Waals surface area contributed by atoms with E-state index in [0.29, 0.717) is 0 Å². The van der Waals surface area contributed by atoms with E-state index >= 15 is 0 Å². The second kappa shape index (κ2) is 4.31. The van der Waals surface area contributed by atoms with E-state index in [1.807, 2.05) is 12.1 Å². The lowest BCUT2D eigenvalue weighted by molar-refractivity contribution is -0.170. The largest absolute Gasteiger partial charge is 0.393 e. The normalized spacial score (nSPS) is 19.8. The number of hydrogen-bond acceptors (Lipinski definition) is 1. The van der Waals surface area contributed by atoms with Crippen LogP contribution in [-0.4, -0.2) is 12.7 Å². The van der Waals surface area contributed by atoms with Crippen molar-refractivity contribution in [3.05, 3.63) is 29.8 Å². The summed E-state index contributed by atoms with van der Waals surface area (Å²) in [5.41, 5.74) is 1.58. The van der Waals surface area contributed by atoms with Crippen molar-refractivity contribution in [2.24, 2.45) is 5.92 Å². The maximum atomic E-state index is 12.4. The molecule has 0 bridgehead atoms. The molecule has 1 aliphatic heterocycles. The molecule has 1 N–H and O–H groups in total. The molecule has 1 atom stereocenters. The van der Waals surface area contributed by atoms with E-state index < -0.39 is 12.1 Å². The first-order valence-corrected chi connectivity index (χ1v) is 4.46. The summed E-state index contributed by atoms with van der Waals surface area (Å²) in [6.07, 6.45) is -4.01. The van der Waals surface area contributed by atoms with Gasteiger partial charge in [-0.3, -0.25) is 0 Å². The topological polar surface area (TPSA) is 12.0 Å². The molecule has 1 aliphatic rings. The van der Waals surface area contributed by atoms with Crippen molar-refractivity contribution < 1.29 is 13.2 Å². The van der Waals surface area contributed by atoms with Crippen LogP contribution in [0.4, 0.5) is 18.9 Å². The van der Waals surface area contributed by atoms with Gasteiger partial charge >= 0.3 is 6.18 Å². The van der Waals surface area contributed by atoms with Crippen molar-refractivity contribution in [2.75, 3.05) is 11.9 Å². The zero-order chi connectivity index (χ0) is 10.2. The highest BCUT2D eigenvalue weighted by Crippen LogP contribution is 2.34. The Morgan fingerprint density at radius 2 is 1.87 bits per heavy atom. The Morgan fingerprint density at radius 1 is 1.20 bits per heavy atom. The molecular weight excluding hydrogens is 227 g/mol. The number of alkyl halides is 3. The lowest BCUT2D eigenvalue weighted by Gasteiger charge is -2.27. The molecule has 0 aliphatic carbocycles. The van der Waals surface area contributed by atoms with Crippen LogP contribution >= 0.6 is 12.4 Å². The number of rotatable bonds is 0. The average molecular weight is 238 g/mol. The van der Waals surface area contributed by atoms with Crippen LogP contribution < -0.4 is 5.32 Å². The van der Waals surface area contributed by atoms with Gasteiger partial charge in [-0.05, 0) is 18.1 Å². The summed E-state index contributed by atoms with van der Waals surface area (Å²) in [6.45, 7) is -0.0134. The Morgan fingerprint density at radius 3 is 2.53 bits per heavy atom. The van der Waals surface area contributed by atoms with E-state index in [-0.39, 0.29) is 25.4 Å². The van der Waals surface area contributed by atoms with E-state index in [2.05, 4.69) is 5.32 Å². The minimum absolute atomic E-state index is 0. The molecule has 1 heterocycles. The summed E-state index contributed by atoms with van der Waals surface area (Å²) >= 11 is 0. The molecule has 1 nitrogen and oxygen atoms in total. The predicted molar refractivity (Wildman–Crippen MR) is 55.4 cm³/mol. The first-order chi connectivity index (χ1) is 6.57. The van der Waals surface area contributed by atoms with Crippen LogP contribution in [0.2, 0.25) is 0 Å². The van der Waals surface area contributed by atoms with Gasteiger partial charge in [0.1, 0.15) is 0 Å². The van der Waals surface area contributed by atoms with E-state index in [0.717, 1.165) is 11.3 Å². The third-order valence-corrected chi connectivity index (χ3v) is 2.49. The number of benzene rings is 1. The fourth-order valence-electron chi connectivity index (χ4n) is 1.67. The number of fused-ring (bicyclic) bond motifs is 1. The van der Waals surface area contributed by atoms with Gasteiger partial charge in [0.15, 0.2) is 0 Å². The van der Waals surface area contributed by atoms with Crippen molar-refractivity contribution in [3.63, 3.8) is 0 Å². The van der Waals surface area contributed by atoms with Crippen molar-refractivity contribution in [2.45, 2.75) is 12.6 Å². The molecule has 1 unspecified atom stereocenters. The van der Waals surface area contributed by atoms with Gasteiger partial charge in [0.2, 0.25) is 0 Å². The van der Waals surface area contributed by atoms with Gasteiger partial charge in [-0.1, -0.05) is 18.2 Å². The van der Waals surface area contributed by atoms with E-state index in [9.17, 15) is 13.2 Å². The van der Waals surface area contributed by atoms with Crippen LogP contribution in [0, 0.1) is 5.92 Å². The van der Waals surface area contributed by atoms with Gasteiger partial charge in [0, 0.05) is 12.2 Å². The third kappa shape index (κ3) is 2.56. The average Bonchev–Trinajstić information content (AvgIpc) is 2.16. The van der Waals surface area contributed by atoms with E-state index in [1.165, 1.54) is 0 Å². The summed E-state index contributed by atoms with van der Waals surface area (Å²) in [4.78, 5) is 0. The van der Waals surface area contributed by atoms with Gasteiger partial charge in [-0.2, -0.15) is 13.2 Å². The van der Waals surface area contributed by atoms with Crippen molar-refractivity contribution in [1.82, 2.24) is 0 Å². The molecule has 0 saturated heterocycles. The van der Waals surface area contributed by atoms with E-state index in [1.54, 1.807) is 12.1 Å². The lowest BCUT2D eigenvalue weighted by atomic mass is 9.94. The van der Waals surface area contributed by atoms with Crippen molar-refractivity contribution in [3.8, 4) is 0 Å². The Balaban J connectivity index is 0.00000112. The molecule has 0 saturated carbocycles. The van der Waals surface area contributed by atoms with Crippen LogP contribution in [0.5, 0.6) is 0 Å². The second-order valence-electron chi connectivity index (χ2n) is 3.48. The number of anilines is 1. The van der Waals surface area contributed by atoms with Gasteiger partial charge in [0.25, 0.3) is 0 Å². The highest BCUT2D eigenvalue weighted by molar-refractivity contribution is 5.85. The minimum atomic E-state index is -4.10. The molecule has 5 heteroatoms. The van der Waals surface area contributed by atoms with Gasteiger partial charge in [-0.15, -0.1) is 12.4 Å². The monoisotopic (exact) mass is 237 g/mol. The number of halogens is 4. The molecule has 2 rings (SSSR count). The zero-order valence-electron chi connectivity index (χ0n) is 7.84. The lowest BCUT2D eigenvalue weighted by Crippen LogP contribution is -2.34. The fourth-order valence-corrected chi connectivity index (χ4v) is 1.67. The molecule has 0 aromatic heterocycles. The summed E-state index contributed by atoms with van der Waals surface area (Å²) in [7, 11) is 0. The Hall–Kier alpha value is -0.900. The molecule has 0 radical (unpaired) electrons. The second-order valence-corrected chi connectivity index (χ2v) is 3.48. The van der Waals surface area contributed by atoms with Crippen LogP contribution in [0.25, 0.3) is 0 Å². The van der Waals surface area contributed by atoms with E-state index in [4.69, 9.17) is 0 Å². The molecule has 1 aromatic rings. The Bertz CT molecular complexity index is 338. The predicted octanol–water partition coefficient (Wildman–Crippen LogP) is 3.25. The molecular formula is C10H11ClF3N. The third-order valence-electron chi connectivity index (χ3n) is 2.49. The Labute approximate surface area is 92.1 Å². The SMILES string of the molecule is Cl.FC(F)(F)C1CNc2ccccc2C1. The van der Waals surface area contributed by atoms with Gasteiger partial charge < -0.3 is 5.32 Å². The summed E-state index contributed by atoms with van der Waals surface area (Å²) in [5, 5.41) is 2.80. The van der Waals surface area contributed by atoms with Gasteiger partial charge in [-0.25, -0.2) is 0 Å². The van der Waals surface area contributed by atoms with Crippen LogP contribution in [0.3, 0.4) is 0 Å². The Kier molecular flexibility index (Phi) is 3.50. The highest BCUT2D eigenvalue weighted by Gasteiger charge is 2.41. The fraction of sp³-hybridized carbons (Fsp3) is 0.400. The number of nitrogens with one attached hydrogen (secondary N) is 1. The molecule has 0 fully saturated rings. The molecule has 84 valence electrons. The van der Waals surface area contributed by atoms with Crippen molar-refractivity contribution in [1.29, 1.82) is 0 Å². The quantitative estimate of drug-likeness (QED) is 0.730. The van der Waals surface area contributed by atoms with Gasteiger partial charge in [0.05, 0.1) is 5.92 Å². The maximum absolute atomic E-state index is 12.4. The van der Waals surface area contributed by atoms with Crippen molar-refractivity contribution >= 4 is 18.1 Å². The molecule has 1 aromatic carbocycles. The molecule has 0 spiro atoms. The first kappa shape index (κ1) is 12.2. The summed E-state index contributed by atoms with van der Waals surface area (Å²) in [6, 6.07) is 7.13. The maximum Gasteiger partial charge on any atom is 0.393 e. The number of hydrogen-bond donors (Lipinski definition) is 1. The van der Waals surface area contributed by atoms with Crippen LogP contribution in [0.1, 0.15) is 5.56 Å². The molecule has 15 heavy (non-hydrogen) atoms. The zero-order valence-corrected chi connectivity index (χ0v) is 8.66. The minimum Gasteiger partial charge on any atom is -0.384 e.